The van der Waals surface area contributed by atoms with Crippen molar-refractivity contribution in [3.05, 3.63) is 65.7 Å². The predicted molar refractivity (Wildman–Crippen MR) is 247 cm³/mol. The summed E-state index contributed by atoms with van der Waals surface area (Å²) in [6.45, 7) is 5.69. The van der Waals surface area contributed by atoms with Gasteiger partial charge in [-0.2, -0.15) is 0 Å². The molecule has 0 radical (unpaired) electrons. The summed E-state index contributed by atoms with van der Waals surface area (Å²) >= 11 is 0. The molecule has 362 valence electrons. The van der Waals surface area contributed by atoms with Crippen molar-refractivity contribution >= 4 is 53.3 Å². The van der Waals surface area contributed by atoms with Crippen LogP contribution in [0.3, 0.4) is 0 Å². The van der Waals surface area contributed by atoms with Gasteiger partial charge in [0.2, 0.25) is 35.4 Å². The summed E-state index contributed by atoms with van der Waals surface area (Å²) in [7, 11) is 0. The molecular formula is C44H67N13O9. The van der Waals surface area contributed by atoms with Gasteiger partial charge in [0.05, 0.1) is 6.04 Å². The molecule has 3 rings (SSSR count). The topological polar surface area (TPSA) is 378 Å². The molecule has 0 bridgehead atoms. The SMILES string of the molecule is CC(C)C[C@H](NC(=O)[C@H](CCCN=C(N)N)NC(=O)[C@@H]1CCCN1C(=O)[C@H](C)N)C(=O)N[C@H](CCCN=C(N)N)C(=O)N[C@H](Cc1ccccc1)C(=O)N[C@@H](Cc1ccc(O)cc1)C(=O)O. The summed E-state index contributed by atoms with van der Waals surface area (Å²) in [5, 5.41) is 33.2. The molecule has 1 aliphatic rings. The number of rotatable bonds is 26. The van der Waals surface area contributed by atoms with E-state index >= 15 is 0 Å². The van der Waals surface area contributed by atoms with Crippen molar-refractivity contribution in [1.82, 2.24) is 31.5 Å². The number of phenolic OH excluding ortho intramolecular Hbond substituents is 1. The third-order valence-electron chi connectivity index (χ3n) is 10.6. The number of carbonyl (C=O) groups is 7. The lowest BCUT2D eigenvalue weighted by atomic mass is 10.00. The van der Waals surface area contributed by atoms with Gasteiger partial charge < -0.3 is 70.4 Å². The van der Waals surface area contributed by atoms with Gasteiger partial charge in [-0.25, -0.2) is 4.79 Å². The van der Waals surface area contributed by atoms with E-state index in [9.17, 15) is 43.8 Å². The van der Waals surface area contributed by atoms with E-state index in [1.807, 2.05) is 13.8 Å². The first-order valence-corrected chi connectivity index (χ1v) is 22.0. The molecule has 0 unspecified atom stereocenters. The first-order chi connectivity index (χ1) is 31.2. The summed E-state index contributed by atoms with van der Waals surface area (Å²) in [6, 6.07) is 6.32. The van der Waals surface area contributed by atoms with Crippen LogP contribution >= 0.6 is 0 Å². The molecule has 17 N–H and O–H groups in total. The first kappa shape index (κ1) is 53.4. The number of likely N-dealkylation sites (tertiary alicyclic amines) is 1. The maximum atomic E-state index is 14.3. The van der Waals surface area contributed by atoms with E-state index in [4.69, 9.17) is 28.7 Å². The van der Waals surface area contributed by atoms with E-state index in [2.05, 4.69) is 36.6 Å². The minimum atomic E-state index is -1.41. The zero-order valence-corrected chi connectivity index (χ0v) is 37.8. The van der Waals surface area contributed by atoms with E-state index < -0.39 is 83.7 Å². The zero-order chi connectivity index (χ0) is 48.9. The Balaban J connectivity index is 1.90. The fourth-order valence-corrected chi connectivity index (χ4v) is 7.30. The molecule has 0 saturated carbocycles. The molecular weight excluding hydrogens is 855 g/mol. The van der Waals surface area contributed by atoms with E-state index in [1.165, 1.54) is 36.1 Å². The molecule has 2 aromatic carbocycles. The van der Waals surface area contributed by atoms with Crippen LogP contribution in [0.2, 0.25) is 0 Å². The van der Waals surface area contributed by atoms with Crippen molar-refractivity contribution in [3.8, 4) is 5.75 Å². The smallest absolute Gasteiger partial charge is 0.326 e. The molecule has 1 heterocycles. The van der Waals surface area contributed by atoms with Gasteiger partial charge in [0.25, 0.3) is 0 Å². The van der Waals surface area contributed by atoms with E-state index in [0.29, 0.717) is 30.5 Å². The minimum Gasteiger partial charge on any atom is -0.508 e. The maximum Gasteiger partial charge on any atom is 0.326 e. The monoisotopic (exact) mass is 922 g/mol. The highest BCUT2D eigenvalue weighted by molar-refractivity contribution is 5.97. The van der Waals surface area contributed by atoms with Gasteiger partial charge in [-0.3, -0.25) is 38.8 Å². The average molecular weight is 922 g/mol. The normalized spacial score (nSPS) is 16.0. The number of aliphatic imine (C=N–C) groups is 2. The van der Waals surface area contributed by atoms with Crippen molar-refractivity contribution in [1.29, 1.82) is 0 Å². The van der Waals surface area contributed by atoms with E-state index in [-0.39, 0.29) is 81.6 Å². The van der Waals surface area contributed by atoms with Crippen LogP contribution in [0.5, 0.6) is 5.75 Å². The number of aromatic hydroxyl groups is 1. The van der Waals surface area contributed by atoms with Crippen LogP contribution in [0.15, 0.2) is 64.6 Å². The summed E-state index contributed by atoms with van der Waals surface area (Å²) < 4.78 is 0. The van der Waals surface area contributed by atoms with Crippen LogP contribution in [0, 0.1) is 5.92 Å². The molecule has 7 atom stereocenters. The Bertz CT molecular complexity index is 2010. The Morgan fingerprint density at radius 1 is 0.667 bits per heavy atom. The van der Waals surface area contributed by atoms with Crippen LogP contribution in [-0.2, 0) is 46.4 Å². The third-order valence-corrected chi connectivity index (χ3v) is 10.6. The van der Waals surface area contributed by atoms with Gasteiger partial charge in [-0.15, -0.1) is 0 Å². The summed E-state index contributed by atoms with van der Waals surface area (Å²) in [4.78, 5) is 105. The molecule has 22 heteroatoms. The number of hydrogen-bond acceptors (Lipinski definition) is 11. The lowest BCUT2D eigenvalue weighted by Gasteiger charge is -2.29. The standard InChI is InChI=1S/C44H67N13O9/c1-25(2)22-32(54-37(60)31(13-8-20-51-44(48)49)53-40(63)35-14-9-21-57(35)41(64)26(3)45)38(61)52-30(12-7-19-50-43(46)47)36(59)55-33(23-27-10-5-4-6-11-27)39(62)56-34(42(65)66)24-28-15-17-29(58)18-16-28/h4-6,10-11,15-18,25-26,30-35,58H,7-9,12-14,19-24,45H2,1-3H3,(H,52,61)(H,53,63)(H,54,60)(H,55,59)(H,56,62)(H,65,66)(H4,46,47,50)(H4,48,49,51)/t26-,30+,31-,32-,33+,34-,35-/m0/s1. The molecule has 0 spiro atoms. The van der Waals surface area contributed by atoms with Gasteiger partial charge in [-0.1, -0.05) is 56.3 Å². The minimum absolute atomic E-state index is 0.0220. The molecule has 0 aliphatic carbocycles. The van der Waals surface area contributed by atoms with Crippen LogP contribution in [-0.4, -0.2) is 130 Å². The molecule has 2 aromatic rings. The third kappa shape index (κ3) is 18.3. The number of carboxylic acids is 1. The summed E-state index contributed by atoms with van der Waals surface area (Å²) in [5.74, 6) is -5.94. The number of nitrogens with two attached hydrogens (primary N) is 5. The number of nitrogens with zero attached hydrogens (tertiary/aromatic N) is 3. The highest BCUT2D eigenvalue weighted by Gasteiger charge is 2.38. The molecule has 0 aromatic heterocycles. The maximum absolute atomic E-state index is 14.3. The van der Waals surface area contributed by atoms with Crippen molar-refractivity contribution < 1.29 is 43.8 Å². The second kappa shape index (κ2) is 26.7. The highest BCUT2D eigenvalue weighted by atomic mass is 16.4. The Labute approximate surface area is 384 Å². The van der Waals surface area contributed by atoms with Gasteiger partial charge in [0.15, 0.2) is 11.9 Å². The number of benzene rings is 2. The van der Waals surface area contributed by atoms with Gasteiger partial charge in [0.1, 0.15) is 42.0 Å². The number of amides is 6. The fraction of sp³-hybridized carbons (Fsp3) is 0.523. The number of guanidine groups is 2. The molecule has 1 fully saturated rings. The summed E-state index contributed by atoms with van der Waals surface area (Å²) in [5.41, 5.74) is 29.0. The second-order valence-electron chi connectivity index (χ2n) is 16.7. The average Bonchev–Trinajstić information content (AvgIpc) is 3.75. The lowest BCUT2D eigenvalue weighted by molar-refractivity contribution is -0.142. The fourth-order valence-electron chi connectivity index (χ4n) is 7.30. The molecule has 66 heavy (non-hydrogen) atoms. The number of aliphatic carboxylic acids is 1. The molecule has 22 nitrogen and oxygen atoms in total. The summed E-state index contributed by atoms with van der Waals surface area (Å²) in [6.07, 6.45) is 1.28. The number of nitrogens with one attached hydrogen (secondary N) is 5. The van der Waals surface area contributed by atoms with Crippen molar-refractivity contribution in [2.75, 3.05) is 19.6 Å². The quantitative estimate of drug-likeness (QED) is 0.0281. The van der Waals surface area contributed by atoms with Gasteiger partial charge >= 0.3 is 5.97 Å². The Morgan fingerprint density at radius 2 is 1.14 bits per heavy atom. The van der Waals surface area contributed by atoms with E-state index in [0.717, 1.165) is 0 Å². The number of hydrogen-bond donors (Lipinski definition) is 12. The Kier molecular flexibility index (Phi) is 21.6. The van der Waals surface area contributed by atoms with Crippen LogP contribution in [0.4, 0.5) is 0 Å². The second-order valence-corrected chi connectivity index (χ2v) is 16.7. The molecule has 1 saturated heterocycles. The zero-order valence-electron chi connectivity index (χ0n) is 37.8. The number of phenols is 1. The highest BCUT2D eigenvalue weighted by Crippen LogP contribution is 2.19. The van der Waals surface area contributed by atoms with Crippen molar-refractivity contribution in [2.24, 2.45) is 44.6 Å². The van der Waals surface area contributed by atoms with Crippen LogP contribution in [0.1, 0.15) is 76.8 Å². The van der Waals surface area contributed by atoms with Gasteiger partial charge in [0, 0.05) is 32.5 Å². The molecule has 1 aliphatic heterocycles. The van der Waals surface area contributed by atoms with E-state index in [1.54, 1.807) is 30.3 Å². The predicted octanol–water partition coefficient (Wildman–Crippen LogP) is -1.82. The first-order valence-electron chi connectivity index (χ1n) is 22.0. The Morgan fingerprint density at radius 3 is 1.67 bits per heavy atom. The lowest BCUT2D eigenvalue weighted by Crippen LogP contribution is -2.60. The number of carbonyl (C=O) groups excluding carboxylic acids is 6. The van der Waals surface area contributed by atoms with Crippen molar-refractivity contribution in [3.63, 3.8) is 0 Å². The molecule has 6 amide bonds. The Hall–Kier alpha value is -6.97. The van der Waals surface area contributed by atoms with Crippen LogP contribution in [0.25, 0.3) is 0 Å². The van der Waals surface area contributed by atoms with Crippen molar-refractivity contribution in [2.45, 2.75) is 121 Å². The van der Waals surface area contributed by atoms with Crippen LogP contribution < -0.4 is 55.3 Å². The number of carboxylic acid groups (broad SMARTS) is 1. The van der Waals surface area contributed by atoms with Gasteiger partial charge in [-0.05, 0) is 81.0 Å². The largest absolute Gasteiger partial charge is 0.508 e.